The minimum absolute atomic E-state index is 0.353. The molecule has 0 aliphatic carbocycles. The highest BCUT2D eigenvalue weighted by molar-refractivity contribution is 5.88. The lowest BCUT2D eigenvalue weighted by atomic mass is 10.0. The highest BCUT2D eigenvalue weighted by Crippen LogP contribution is 2.27. The molecule has 1 aromatic heterocycles. The second kappa shape index (κ2) is 6.13. The van der Waals surface area contributed by atoms with Crippen LogP contribution in [0.15, 0.2) is 12.1 Å². The van der Waals surface area contributed by atoms with E-state index in [1.165, 1.54) is 0 Å². The summed E-state index contributed by atoms with van der Waals surface area (Å²) in [5.41, 5.74) is 1.38. The summed E-state index contributed by atoms with van der Waals surface area (Å²) in [5.74, 6) is 0.686. The van der Waals surface area contributed by atoms with Crippen molar-refractivity contribution in [3.8, 4) is 6.07 Å². The van der Waals surface area contributed by atoms with Gasteiger partial charge in [-0.2, -0.15) is 5.26 Å². The van der Waals surface area contributed by atoms with Crippen LogP contribution in [0.1, 0.15) is 44.9 Å². The van der Waals surface area contributed by atoms with Gasteiger partial charge in [0.1, 0.15) is 11.4 Å². The summed E-state index contributed by atoms with van der Waals surface area (Å²) in [7, 11) is 0. The summed E-state index contributed by atoms with van der Waals surface area (Å²) in [5, 5.41) is 8.67. The van der Waals surface area contributed by atoms with Crippen LogP contribution in [-0.4, -0.2) is 23.2 Å². The molecule has 0 N–H and O–H groups in total. The molecule has 1 aromatic rings. The number of amides is 1. The van der Waals surface area contributed by atoms with Gasteiger partial charge in [0.25, 0.3) is 0 Å². The fraction of sp³-hybridized carbons (Fsp3) is 0.562. The summed E-state index contributed by atoms with van der Waals surface area (Å²) in [6.45, 7) is 6.18. The first kappa shape index (κ1) is 15.3. The Kier molecular flexibility index (Phi) is 4.46. The van der Waals surface area contributed by atoms with E-state index in [0.29, 0.717) is 25.2 Å². The van der Waals surface area contributed by atoms with Gasteiger partial charge < -0.3 is 4.74 Å². The molecule has 1 amide bonds. The summed E-state index contributed by atoms with van der Waals surface area (Å²) < 4.78 is 5.45. The van der Waals surface area contributed by atoms with Crippen molar-refractivity contribution in [3.63, 3.8) is 0 Å². The second-order valence-corrected chi connectivity index (χ2v) is 6.18. The van der Waals surface area contributed by atoms with Crippen LogP contribution in [0.25, 0.3) is 0 Å². The molecule has 0 aromatic carbocycles. The van der Waals surface area contributed by atoms with Crippen molar-refractivity contribution >= 4 is 11.9 Å². The monoisotopic (exact) mass is 287 g/mol. The first-order valence-corrected chi connectivity index (χ1v) is 7.27. The third-order valence-electron chi connectivity index (χ3n) is 3.20. The van der Waals surface area contributed by atoms with E-state index in [-0.39, 0.29) is 6.09 Å². The molecule has 0 bridgehead atoms. The van der Waals surface area contributed by atoms with Crippen LogP contribution in [0.4, 0.5) is 10.6 Å². The number of pyridine rings is 1. The molecule has 5 heteroatoms. The summed E-state index contributed by atoms with van der Waals surface area (Å²) in [6, 6.07) is 6.06. The SMILES string of the molecule is CC(C)(C)OC(=O)N1CCCc2ccc(CCC#N)nc21. The van der Waals surface area contributed by atoms with Gasteiger partial charge in [-0.05, 0) is 45.2 Å². The zero-order valence-corrected chi connectivity index (χ0v) is 12.8. The lowest BCUT2D eigenvalue weighted by Crippen LogP contribution is -2.40. The maximum Gasteiger partial charge on any atom is 0.416 e. The number of fused-ring (bicyclic) bond motifs is 1. The molecule has 0 spiro atoms. The van der Waals surface area contributed by atoms with E-state index in [0.717, 1.165) is 24.1 Å². The number of anilines is 1. The number of hydrogen-bond donors (Lipinski definition) is 0. The van der Waals surface area contributed by atoms with Gasteiger partial charge in [0.15, 0.2) is 0 Å². The standard InChI is InChI=1S/C16H21N3O2/c1-16(2,3)21-15(20)19-11-5-6-12-8-9-13(7-4-10-17)18-14(12)19/h8-9H,4-7,11H2,1-3H3. The summed E-state index contributed by atoms with van der Waals surface area (Å²) >= 11 is 0. The van der Waals surface area contributed by atoms with Crippen molar-refractivity contribution in [1.29, 1.82) is 5.26 Å². The number of aryl methyl sites for hydroxylation is 2. The molecule has 2 rings (SSSR count). The second-order valence-electron chi connectivity index (χ2n) is 6.18. The molecule has 0 unspecified atom stereocenters. The molecule has 0 saturated carbocycles. The Morgan fingerprint density at radius 1 is 1.48 bits per heavy atom. The molecular formula is C16H21N3O2. The smallest absolute Gasteiger partial charge is 0.416 e. The topological polar surface area (TPSA) is 66.2 Å². The lowest BCUT2D eigenvalue weighted by Gasteiger charge is -2.31. The van der Waals surface area contributed by atoms with E-state index in [9.17, 15) is 4.79 Å². The van der Waals surface area contributed by atoms with Gasteiger partial charge >= 0.3 is 6.09 Å². The molecule has 0 atom stereocenters. The summed E-state index contributed by atoms with van der Waals surface area (Å²) in [6.07, 6.45) is 2.50. The Morgan fingerprint density at radius 2 is 2.24 bits per heavy atom. The van der Waals surface area contributed by atoms with Crippen LogP contribution in [0.2, 0.25) is 0 Å². The van der Waals surface area contributed by atoms with Crippen LogP contribution < -0.4 is 4.90 Å². The zero-order valence-electron chi connectivity index (χ0n) is 12.8. The van der Waals surface area contributed by atoms with E-state index < -0.39 is 5.60 Å². The molecule has 0 radical (unpaired) electrons. The molecular weight excluding hydrogens is 266 g/mol. The molecule has 1 aliphatic rings. The van der Waals surface area contributed by atoms with E-state index in [2.05, 4.69) is 11.1 Å². The molecule has 2 heterocycles. The number of rotatable bonds is 2. The van der Waals surface area contributed by atoms with Crippen molar-refractivity contribution in [2.45, 2.75) is 52.1 Å². The number of carbonyl (C=O) groups is 1. The molecule has 112 valence electrons. The van der Waals surface area contributed by atoms with E-state index in [1.54, 1.807) is 4.90 Å². The normalized spacial score (nSPS) is 14.3. The first-order valence-electron chi connectivity index (χ1n) is 7.27. The molecule has 21 heavy (non-hydrogen) atoms. The van der Waals surface area contributed by atoms with Crippen molar-refractivity contribution in [2.24, 2.45) is 0 Å². The predicted octanol–water partition coefficient (Wildman–Crippen LogP) is 3.23. The van der Waals surface area contributed by atoms with Crippen molar-refractivity contribution in [1.82, 2.24) is 4.98 Å². The third-order valence-corrected chi connectivity index (χ3v) is 3.20. The van der Waals surface area contributed by atoms with Gasteiger partial charge in [-0.15, -0.1) is 0 Å². The van der Waals surface area contributed by atoms with Crippen LogP contribution in [0.3, 0.4) is 0 Å². The average Bonchev–Trinajstić information content (AvgIpc) is 2.42. The Morgan fingerprint density at radius 3 is 2.90 bits per heavy atom. The van der Waals surface area contributed by atoms with Crippen LogP contribution >= 0.6 is 0 Å². The van der Waals surface area contributed by atoms with Gasteiger partial charge in [0.05, 0.1) is 6.07 Å². The number of carbonyl (C=O) groups excluding carboxylic acids is 1. The van der Waals surface area contributed by atoms with Crippen molar-refractivity contribution in [3.05, 3.63) is 23.4 Å². The number of aromatic nitrogens is 1. The van der Waals surface area contributed by atoms with Crippen LogP contribution in [-0.2, 0) is 17.6 Å². The summed E-state index contributed by atoms with van der Waals surface area (Å²) in [4.78, 5) is 18.5. The van der Waals surface area contributed by atoms with Crippen molar-refractivity contribution in [2.75, 3.05) is 11.4 Å². The van der Waals surface area contributed by atoms with Gasteiger partial charge in [-0.25, -0.2) is 9.78 Å². The number of nitrogens with zero attached hydrogens (tertiary/aromatic N) is 3. The quantitative estimate of drug-likeness (QED) is 0.837. The van der Waals surface area contributed by atoms with Crippen LogP contribution in [0, 0.1) is 11.3 Å². The lowest BCUT2D eigenvalue weighted by molar-refractivity contribution is 0.0576. The zero-order chi connectivity index (χ0) is 15.5. The molecule has 1 aliphatic heterocycles. The largest absolute Gasteiger partial charge is 0.443 e. The molecule has 0 saturated heterocycles. The minimum atomic E-state index is -0.521. The van der Waals surface area contributed by atoms with E-state index >= 15 is 0 Å². The highest BCUT2D eigenvalue weighted by atomic mass is 16.6. The number of nitriles is 1. The minimum Gasteiger partial charge on any atom is -0.443 e. The highest BCUT2D eigenvalue weighted by Gasteiger charge is 2.28. The average molecular weight is 287 g/mol. The van der Waals surface area contributed by atoms with Crippen molar-refractivity contribution < 1.29 is 9.53 Å². The molecule has 5 nitrogen and oxygen atoms in total. The Labute approximate surface area is 125 Å². The fourth-order valence-corrected chi connectivity index (χ4v) is 2.30. The van der Waals surface area contributed by atoms with E-state index in [1.807, 2.05) is 32.9 Å². The van der Waals surface area contributed by atoms with Crippen LogP contribution in [0.5, 0.6) is 0 Å². The first-order chi connectivity index (χ1) is 9.90. The predicted molar refractivity (Wildman–Crippen MR) is 80.1 cm³/mol. The van der Waals surface area contributed by atoms with E-state index in [4.69, 9.17) is 10.00 Å². The Hall–Kier alpha value is -2.09. The third kappa shape index (κ3) is 3.94. The Bertz CT molecular complexity index is 570. The Balaban J connectivity index is 2.24. The maximum absolute atomic E-state index is 12.3. The molecule has 0 fully saturated rings. The number of ether oxygens (including phenoxy) is 1. The number of hydrogen-bond acceptors (Lipinski definition) is 4. The van der Waals surface area contributed by atoms with Gasteiger partial charge in [-0.1, -0.05) is 6.07 Å². The van der Waals surface area contributed by atoms with Gasteiger partial charge in [0, 0.05) is 25.1 Å². The maximum atomic E-state index is 12.3. The van der Waals surface area contributed by atoms with Gasteiger partial charge in [-0.3, -0.25) is 4.90 Å². The fourth-order valence-electron chi connectivity index (χ4n) is 2.30. The van der Waals surface area contributed by atoms with Gasteiger partial charge in [0.2, 0.25) is 0 Å².